The monoisotopic (exact) mass is 384 g/mol. The SMILES string of the molecule is CCC(C)(OC(O)COC(=O)C(C)(CCC(C)C)C(C)C)C1CCCCC1. The van der Waals surface area contributed by atoms with E-state index in [2.05, 4.69) is 41.5 Å². The molecule has 0 aliphatic heterocycles. The van der Waals surface area contributed by atoms with E-state index < -0.39 is 11.7 Å². The van der Waals surface area contributed by atoms with E-state index in [0.717, 1.165) is 32.1 Å². The van der Waals surface area contributed by atoms with Gasteiger partial charge in [0.15, 0.2) is 6.29 Å². The van der Waals surface area contributed by atoms with E-state index >= 15 is 0 Å². The van der Waals surface area contributed by atoms with Gasteiger partial charge >= 0.3 is 5.97 Å². The van der Waals surface area contributed by atoms with Crippen LogP contribution in [0.4, 0.5) is 0 Å². The lowest BCUT2D eigenvalue weighted by molar-refractivity contribution is -0.225. The number of hydrogen-bond donors (Lipinski definition) is 1. The van der Waals surface area contributed by atoms with Crippen molar-refractivity contribution in [2.24, 2.45) is 23.2 Å². The molecule has 0 aromatic carbocycles. The summed E-state index contributed by atoms with van der Waals surface area (Å²) in [6.07, 6.45) is 7.62. The maximum Gasteiger partial charge on any atom is 0.312 e. The van der Waals surface area contributed by atoms with E-state index in [1.165, 1.54) is 19.3 Å². The minimum absolute atomic E-state index is 0.0921. The Morgan fingerprint density at radius 2 is 1.70 bits per heavy atom. The van der Waals surface area contributed by atoms with Gasteiger partial charge in [0.25, 0.3) is 0 Å². The van der Waals surface area contributed by atoms with Crippen molar-refractivity contribution in [1.29, 1.82) is 0 Å². The normalized spacial score (nSPS) is 21.7. The van der Waals surface area contributed by atoms with Crippen molar-refractivity contribution in [3.05, 3.63) is 0 Å². The average Bonchev–Trinajstić information content (AvgIpc) is 2.64. The Labute approximate surface area is 167 Å². The number of ether oxygens (including phenoxy) is 2. The molecule has 1 saturated carbocycles. The number of rotatable bonds is 11. The van der Waals surface area contributed by atoms with Crippen molar-refractivity contribution < 1.29 is 19.4 Å². The second-order valence-electron chi connectivity index (χ2n) is 9.68. The molecule has 160 valence electrons. The van der Waals surface area contributed by atoms with Crippen LogP contribution in [0.25, 0.3) is 0 Å². The van der Waals surface area contributed by atoms with Crippen LogP contribution in [0.1, 0.15) is 99.8 Å². The predicted molar refractivity (Wildman–Crippen MR) is 110 cm³/mol. The van der Waals surface area contributed by atoms with Gasteiger partial charge < -0.3 is 14.6 Å². The molecule has 4 heteroatoms. The van der Waals surface area contributed by atoms with Crippen molar-refractivity contribution in [2.45, 2.75) is 112 Å². The average molecular weight is 385 g/mol. The van der Waals surface area contributed by atoms with Gasteiger partial charge in [-0.25, -0.2) is 0 Å². The highest BCUT2D eigenvalue weighted by Crippen LogP contribution is 2.38. The Balaban J connectivity index is 2.62. The van der Waals surface area contributed by atoms with Gasteiger partial charge in [-0.3, -0.25) is 4.79 Å². The quantitative estimate of drug-likeness (QED) is 0.366. The largest absolute Gasteiger partial charge is 0.460 e. The molecule has 0 aromatic heterocycles. The van der Waals surface area contributed by atoms with Crippen LogP contribution in [-0.4, -0.2) is 29.6 Å². The molecule has 0 radical (unpaired) electrons. The van der Waals surface area contributed by atoms with E-state index in [4.69, 9.17) is 9.47 Å². The number of carbonyl (C=O) groups excluding carboxylic acids is 1. The van der Waals surface area contributed by atoms with E-state index in [1.54, 1.807) is 0 Å². The van der Waals surface area contributed by atoms with Gasteiger partial charge in [0, 0.05) is 0 Å². The highest BCUT2D eigenvalue weighted by molar-refractivity contribution is 5.76. The first-order chi connectivity index (χ1) is 12.5. The third kappa shape index (κ3) is 7.05. The molecule has 1 N–H and O–H groups in total. The molecular formula is C23H44O4. The van der Waals surface area contributed by atoms with Crippen LogP contribution in [0.3, 0.4) is 0 Å². The molecule has 1 aliphatic carbocycles. The van der Waals surface area contributed by atoms with Crippen LogP contribution < -0.4 is 0 Å². The van der Waals surface area contributed by atoms with Crippen LogP contribution in [0.2, 0.25) is 0 Å². The molecule has 0 saturated heterocycles. The predicted octanol–water partition coefficient (Wildman–Crippen LogP) is 5.71. The third-order valence-electron chi connectivity index (χ3n) is 6.91. The lowest BCUT2D eigenvalue weighted by Gasteiger charge is -2.40. The van der Waals surface area contributed by atoms with E-state index in [9.17, 15) is 9.90 Å². The lowest BCUT2D eigenvalue weighted by Crippen LogP contribution is -2.43. The molecule has 4 nitrogen and oxygen atoms in total. The summed E-state index contributed by atoms with van der Waals surface area (Å²) >= 11 is 0. The lowest BCUT2D eigenvalue weighted by atomic mass is 9.74. The Hall–Kier alpha value is -0.610. The summed E-state index contributed by atoms with van der Waals surface area (Å²) in [6.45, 7) is 14.5. The first kappa shape index (κ1) is 24.4. The molecule has 0 aromatic rings. The van der Waals surface area contributed by atoms with Crippen molar-refractivity contribution >= 4 is 5.97 Å². The fourth-order valence-corrected chi connectivity index (χ4v) is 4.05. The van der Waals surface area contributed by atoms with E-state index in [0.29, 0.717) is 11.8 Å². The van der Waals surface area contributed by atoms with Crippen LogP contribution >= 0.6 is 0 Å². The molecule has 1 fully saturated rings. The highest BCUT2D eigenvalue weighted by atomic mass is 16.6. The summed E-state index contributed by atoms with van der Waals surface area (Å²) in [5, 5.41) is 10.4. The molecule has 1 rings (SSSR count). The van der Waals surface area contributed by atoms with Crippen molar-refractivity contribution in [3.63, 3.8) is 0 Å². The Morgan fingerprint density at radius 1 is 1.11 bits per heavy atom. The number of esters is 1. The summed E-state index contributed by atoms with van der Waals surface area (Å²) in [6, 6.07) is 0. The standard InChI is InChI=1S/C23H44O4/c1-8-23(7,19-12-10-9-11-13-19)27-20(24)16-26-21(25)22(6,18(4)5)15-14-17(2)3/h17-20,24H,8-16H2,1-7H3. The molecule has 3 atom stereocenters. The van der Waals surface area contributed by atoms with Gasteiger partial charge in [-0.05, 0) is 63.7 Å². The first-order valence-corrected chi connectivity index (χ1v) is 11.1. The fraction of sp³-hybridized carbons (Fsp3) is 0.957. The zero-order chi connectivity index (χ0) is 20.7. The molecule has 3 unspecified atom stereocenters. The fourth-order valence-electron chi connectivity index (χ4n) is 4.05. The molecule has 1 aliphatic rings. The third-order valence-corrected chi connectivity index (χ3v) is 6.91. The zero-order valence-electron chi connectivity index (χ0n) is 18.8. The van der Waals surface area contributed by atoms with Gasteiger partial charge in [-0.2, -0.15) is 0 Å². The summed E-state index contributed by atoms with van der Waals surface area (Å²) in [4.78, 5) is 12.8. The van der Waals surface area contributed by atoms with E-state index in [-0.39, 0.29) is 24.1 Å². The minimum Gasteiger partial charge on any atom is -0.460 e. The maximum absolute atomic E-state index is 12.8. The smallest absolute Gasteiger partial charge is 0.312 e. The molecule has 0 bridgehead atoms. The number of aliphatic hydroxyl groups is 1. The zero-order valence-corrected chi connectivity index (χ0v) is 18.8. The van der Waals surface area contributed by atoms with Crippen LogP contribution in [0.5, 0.6) is 0 Å². The van der Waals surface area contributed by atoms with Gasteiger partial charge in [-0.15, -0.1) is 0 Å². The van der Waals surface area contributed by atoms with Gasteiger partial charge in [0.1, 0.15) is 6.61 Å². The Kier molecular flexibility index (Phi) is 9.77. The van der Waals surface area contributed by atoms with E-state index in [1.807, 2.05) is 6.92 Å². The molecule has 0 spiro atoms. The van der Waals surface area contributed by atoms with Crippen molar-refractivity contribution in [3.8, 4) is 0 Å². The Bertz CT molecular complexity index is 442. The second-order valence-corrected chi connectivity index (χ2v) is 9.68. The summed E-state index contributed by atoms with van der Waals surface area (Å²) < 4.78 is 11.6. The summed E-state index contributed by atoms with van der Waals surface area (Å²) in [5.74, 6) is 0.973. The van der Waals surface area contributed by atoms with Gasteiger partial charge in [0.2, 0.25) is 0 Å². The minimum atomic E-state index is -1.07. The van der Waals surface area contributed by atoms with Gasteiger partial charge in [-0.1, -0.05) is 53.9 Å². The van der Waals surface area contributed by atoms with Gasteiger partial charge in [0.05, 0.1) is 11.0 Å². The van der Waals surface area contributed by atoms with Crippen molar-refractivity contribution in [1.82, 2.24) is 0 Å². The number of carbonyl (C=O) groups is 1. The topological polar surface area (TPSA) is 55.8 Å². The summed E-state index contributed by atoms with van der Waals surface area (Å²) in [7, 11) is 0. The molecule has 0 amide bonds. The van der Waals surface area contributed by atoms with Crippen LogP contribution in [0.15, 0.2) is 0 Å². The Morgan fingerprint density at radius 3 is 2.19 bits per heavy atom. The number of aliphatic hydroxyl groups excluding tert-OH is 1. The van der Waals surface area contributed by atoms with Crippen molar-refractivity contribution in [2.75, 3.05) is 6.61 Å². The molecule has 0 heterocycles. The first-order valence-electron chi connectivity index (χ1n) is 11.1. The van der Waals surface area contributed by atoms with Crippen LogP contribution in [-0.2, 0) is 14.3 Å². The van der Waals surface area contributed by atoms with Crippen LogP contribution in [0, 0.1) is 23.2 Å². The number of hydrogen-bond acceptors (Lipinski definition) is 4. The maximum atomic E-state index is 12.8. The highest BCUT2D eigenvalue weighted by Gasteiger charge is 2.39. The second kappa shape index (κ2) is 10.8. The molecule has 27 heavy (non-hydrogen) atoms. The molecular weight excluding hydrogens is 340 g/mol. The summed E-state index contributed by atoms with van der Waals surface area (Å²) in [5.41, 5.74) is -0.882.